The average molecular weight is 274 g/mol. The van der Waals surface area contributed by atoms with Crippen LogP contribution >= 0.6 is 0 Å². The highest BCUT2D eigenvalue weighted by molar-refractivity contribution is 4.85. The lowest BCUT2D eigenvalue weighted by molar-refractivity contribution is 0.234. The Hall–Kier alpha value is -0.960. The van der Waals surface area contributed by atoms with Crippen molar-refractivity contribution in [1.82, 2.24) is 9.80 Å². The Bertz CT molecular complexity index is 266. The normalized spacial score (nSPS) is 20.3. The molecule has 0 atom stereocenters. The second-order valence-electron chi connectivity index (χ2n) is 5.71. The molecule has 0 spiro atoms. The van der Waals surface area contributed by atoms with Crippen LogP contribution in [0.3, 0.4) is 0 Å². The van der Waals surface area contributed by atoms with E-state index in [1.165, 1.54) is 64.7 Å². The smallest absolute Gasteiger partial charge is 0.0214 e. The summed E-state index contributed by atoms with van der Waals surface area (Å²) in [4.78, 5) is 4.92. The molecule has 2 fully saturated rings. The zero-order valence-corrected chi connectivity index (χ0v) is 12.9. The maximum absolute atomic E-state index is 5.17. The molecule has 2 aliphatic rings. The van der Waals surface area contributed by atoms with Crippen LogP contribution in [-0.4, -0.2) is 49.1 Å². The second-order valence-corrected chi connectivity index (χ2v) is 5.71. The standard InChI is InChI=1S/2C9H15N/c2*1-2-3-7-10-8-5-4-6-9-10/h2*1H,3-9H2. The largest absolute Gasteiger partial charge is 0.302 e. The van der Waals surface area contributed by atoms with Crippen molar-refractivity contribution in [3.8, 4) is 24.7 Å². The highest BCUT2D eigenvalue weighted by Crippen LogP contribution is 2.08. The number of likely N-dealkylation sites (tertiary alicyclic amines) is 2. The highest BCUT2D eigenvalue weighted by Gasteiger charge is 2.08. The molecule has 0 aromatic carbocycles. The number of hydrogen-bond acceptors (Lipinski definition) is 2. The van der Waals surface area contributed by atoms with Crippen molar-refractivity contribution >= 4 is 0 Å². The molecule has 112 valence electrons. The Morgan fingerprint density at radius 3 is 1.25 bits per heavy atom. The fraction of sp³-hybridized carbons (Fsp3) is 0.778. The summed E-state index contributed by atoms with van der Waals surface area (Å²) in [6.45, 7) is 7.28. The Balaban J connectivity index is 0.000000200. The van der Waals surface area contributed by atoms with E-state index in [1.807, 2.05) is 0 Å². The quantitative estimate of drug-likeness (QED) is 0.727. The van der Waals surface area contributed by atoms with Crippen LogP contribution in [0.2, 0.25) is 0 Å². The number of hydrogen-bond donors (Lipinski definition) is 0. The molecular formula is C18H30N2. The van der Waals surface area contributed by atoms with E-state index in [1.54, 1.807) is 0 Å². The maximum Gasteiger partial charge on any atom is 0.0214 e. The first kappa shape index (κ1) is 17.1. The van der Waals surface area contributed by atoms with Crippen LogP contribution in [0.15, 0.2) is 0 Å². The monoisotopic (exact) mass is 274 g/mol. The molecule has 20 heavy (non-hydrogen) atoms. The third-order valence-corrected chi connectivity index (χ3v) is 4.04. The predicted octanol–water partition coefficient (Wildman–Crippen LogP) is 2.99. The molecule has 2 rings (SSSR count). The summed E-state index contributed by atoms with van der Waals surface area (Å²) in [5.41, 5.74) is 0. The predicted molar refractivity (Wildman–Crippen MR) is 87.5 cm³/mol. The Kier molecular flexibility index (Phi) is 10.1. The number of rotatable bonds is 4. The van der Waals surface area contributed by atoms with Crippen LogP contribution in [0.5, 0.6) is 0 Å². The van der Waals surface area contributed by atoms with Crippen molar-refractivity contribution in [2.45, 2.75) is 51.4 Å². The summed E-state index contributed by atoms with van der Waals surface area (Å²) in [7, 11) is 0. The van der Waals surface area contributed by atoms with Crippen molar-refractivity contribution in [1.29, 1.82) is 0 Å². The zero-order valence-electron chi connectivity index (χ0n) is 12.9. The van der Waals surface area contributed by atoms with Crippen LogP contribution in [0, 0.1) is 24.7 Å². The maximum atomic E-state index is 5.17. The average Bonchev–Trinajstić information content (AvgIpc) is 2.53. The van der Waals surface area contributed by atoms with Crippen molar-refractivity contribution in [3.05, 3.63) is 0 Å². The molecule has 0 bridgehead atoms. The van der Waals surface area contributed by atoms with Gasteiger partial charge in [0.25, 0.3) is 0 Å². The van der Waals surface area contributed by atoms with Crippen molar-refractivity contribution < 1.29 is 0 Å². The first-order valence-corrected chi connectivity index (χ1v) is 8.18. The van der Waals surface area contributed by atoms with Gasteiger partial charge < -0.3 is 9.80 Å². The third-order valence-electron chi connectivity index (χ3n) is 4.04. The molecule has 2 aliphatic heterocycles. The number of nitrogens with zero attached hydrogens (tertiary/aromatic N) is 2. The van der Waals surface area contributed by atoms with Crippen LogP contribution < -0.4 is 0 Å². The van der Waals surface area contributed by atoms with Gasteiger partial charge in [-0.05, 0) is 51.9 Å². The lowest BCUT2D eigenvalue weighted by Crippen LogP contribution is -2.30. The van der Waals surface area contributed by atoms with Gasteiger partial charge in [0.2, 0.25) is 0 Å². The molecule has 0 aromatic heterocycles. The fourth-order valence-electron chi connectivity index (χ4n) is 2.81. The van der Waals surface area contributed by atoms with Crippen LogP contribution in [-0.2, 0) is 0 Å². The molecule has 2 heteroatoms. The van der Waals surface area contributed by atoms with Gasteiger partial charge in [0.05, 0.1) is 0 Å². The van der Waals surface area contributed by atoms with Gasteiger partial charge in [0.1, 0.15) is 0 Å². The first-order valence-electron chi connectivity index (χ1n) is 8.18. The minimum atomic E-state index is 0.917. The summed E-state index contributed by atoms with van der Waals surface area (Å²) in [6, 6.07) is 0. The van der Waals surface area contributed by atoms with E-state index in [0.717, 1.165) is 25.9 Å². The number of terminal acetylenes is 2. The molecule has 0 N–H and O–H groups in total. The van der Waals surface area contributed by atoms with E-state index in [9.17, 15) is 0 Å². The second kappa shape index (κ2) is 11.8. The molecule has 0 aromatic rings. The summed E-state index contributed by atoms with van der Waals surface area (Å²) in [5.74, 6) is 5.35. The van der Waals surface area contributed by atoms with Crippen LogP contribution in [0.25, 0.3) is 0 Å². The van der Waals surface area contributed by atoms with Gasteiger partial charge in [-0.1, -0.05) is 12.8 Å². The van der Waals surface area contributed by atoms with Crippen molar-refractivity contribution in [2.75, 3.05) is 39.3 Å². The number of piperidine rings is 2. The first-order chi connectivity index (χ1) is 9.86. The molecule has 2 saturated heterocycles. The summed E-state index contributed by atoms with van der Waals surface area (Å²) in [6.07, 6.45) is 20.5. The van der Waals surface area contributed by atoms with E-state index in [-0.39, 0.29) is 0 Å². The van der Waals surface area contributed by atoms with Gasteiger partial charge in [-0.2, -0.15) is 0 Å². The fourth-order valence-corrected chi connectivity index (χ4v) is 2.81. The van der Waals surface area contributed by atoms with Gasteiger partial charge >= 0.3 is 0 Å². The van der Waals surface area contributed by atoms with Crippen LogP contribution in [0.4, 0.5) is 0 Å². The van der Waals surface area contributed by atoms with Gasteiger partial charge in [-0.3, -0.25) is 0 Å². The summed E-state index contributed by atoms with van der Waals surface area (Å²) < 4.78 is 0. The summed E-state index contributed by atoms with van der Waals surface area (Å²) in [5, 5.41) is 0. The highest BCUT2D eigenvalue weighted by atomic mass is 15.1. The zero-order chi connectivity index (χ0) is 14.5. The van der Waals surface area contributed by atoms with E-state index >= 15 is 0 Å². The molecule has 2 nitrogen and oxygen atoms in total. The van der Waals surface area contributed by atoms with Gasteiger partial charge in [0, 0.05) is 25.9 Å². The topological polar surface area (TPSA) is 6.48 Å². The Morgan fingerprint density at radius 2 is 0.950 bits per heavy atom. The molecular weight excluding hydrogens is 244 g/mol. The molecule has 0 unspecified atom stereocenters. The molecule has 0 amide bonds. The van der Waals surface area contributed by atoms with Crippen molar-refractivity contribution in [2.24, 2.45) is 0 Å². The third kappa shape index (κ3) is 8.26. The van der Waals surface area contributed by atoms with Gasteiger partial charge in [-0.15, -0.1) is 24.7 Å². The van der Waals surface area contributed by atoms with Gasteiger partial charge in [0.15, 0.2) is 0 Å². The van der Waals surface area contributed by atoms with Crippen LogP contribution in [0.1, 0.15) is 51.4 Å². The minimum absolute atomic E-state index is 0.917. The van der Waals surface area contributed by atoms with Crippen molar-refractivity contribution in [3.63, 3.8) is 0 Å². The molecule has 0 radical (unpaired) electrons. The lowest BCUT2D eigenvalue weighted by Gasteiger charge is -2.25. The SMILES string of the molecule is C#CCCN1CCCCC1.C#CCCN1CCCCC1. The van der Waals surface area contributed by atoms with E-state index < -0.39 is 0 Å². The lowest BCUT2D eigenvalue weighted by atomic mass is 10.1. The molecule has 2 heterocycles. The summed E-state index contributed by atoms with van der Waals surface area (Å²) >= 11 is 0. The minimum Gasteiger partial charge on any atom is -0.302 e. The molecule has 0 saturated carbocycles. The van der Waals surface area contributed by atoms with E-state index in [2.05, 4.69) is 21.6 Å². The molecule has 0 aliphatic carbocycles. The van der Waals surface area contributed by atoms with E-state index in [4.69, 9.17) is 12.8 Å². The Morgan fingerprint density at radius 1 is 0.600 bits per heavy atom. The van der Waals surface area contributed by atoms with Gasteiger partial charge in [-0.25, -0.2) is 0 Å². The van der Waals surface area contributed by atoms with E-state index in [0.29, 0.717) is 0 Å². The Labute approximate surface area is 125 Å².